The van der Waals surface area contributed by atoms with Crippen LogP contribution in [0.25, 0.3) is 5.69 Å². The van der Waals surface area contributed by atoms with E-state index in [4.69, 9.17) is 0 Å². The minimum atomic E-state index is 0. The van der Waals surface area contributed by atoms with Crippen molar-refractivity contribution in [3.05, 3.63) is 80.6 Å². The maximum absolute atomic E-state index is 4.30. The van der Waals surface area contributed by atoms with Crippen LogP contribution in [0.15, 0.2) is 55.0 Å². The maximum Gasteiger partial charge on any atom is 3.00 e. The van der Waals surface area contributed by atoms with Gasteiger partial charge in [-0.15, -0.1) is 17.7 Å². The fourth-order valence-corrected chi connectivity index (χ4v) is 2.92. The molecule has 0 spiro atoms. The maximum atomic E-state index is 4.30. The van der Waals surface area contributed by atoms with Gasteiger partial charge in [-0.05, 0) is 17.1 Å². The minimum Gasteiger partial charge on any atom is -0.358 e. The number of para-hydroxylation sites is 2. The van der Waals surface area contributed by atoms with Gasteiger partial charge in [-0.25, -0.2) is 4.98 Å². The monoisotopic (exact) mass is 555 g/mol. The normalized spacial score (nSPS) is 12.3. The number of benzene rings is 2. The first-order valence-electron chi connectivity index (χ1n) is 6.50. The second kappa shape index (κ2) is 6.78. The number of nitrogens with zero attached hydrogens (tertiary/aromatic N) is 4. The van der Waals surface area contributed by atoms with E-state index in [1.165, 1.54) is 5.56 Å². The minimum absolute atomic E-state index is 0. The molecule has 113 valence electrons. The molecular formula is C17H13IrN4Y. The van der Waals surface area contributed by atoms with Crippen LogP contribution < -0.4 is 10.0 Å². The van der Waals surface area contributed by atoms with E-state index in [9.17, 15) is 0 Å². The summed E-state index contributed by atoms with van der Waals surface area (Å²) >= 11 is 0. The molecule has 3 heterocycles. The third-order valence-corrected chi connectivity index (χ3v) is 3.78. The van der Waals surface area contributed by atoms with Crippen LogP contribution in [0.1, 0.15) is 5.56 Å². The topological polar surface area (TPSA) is 24.3 Å². The Labute approximate surface area is 174 Å². The quantitative estimate of drug-likeness (QED) is 0.398. The Morgan fingerprint density at radius 1 is 1.04 bits per heavy atom. The van der Waals surface area contributed by atoms with Crippen LogP contribution in [0.5, 0.6) is 0 Å². The molecule has 0 saturated carbocycles. The molecule has 0 fully saturated rings. The summed E-state index contributed by atoms with van der Waals surface area (Å²) in [6.07, 6.45) is 3.74. The first-order valence-corrected chi connectivity index (χ1v) is 6.50. The van der Waals surface area contributed by atoms with Crippen molar-refractivity contribution in [1.29, 1.82) is 0 Å². The van der Waals surface area contributed by atoms with Gasteiger partial charge in [0.25, 0.3) is 0 Å². The fraction of sp³-hybridized carbons (Fsp3) is 0. The molecule has 1 radical (unpaired) electrons. The van der Waals surface area contributed by atoms with Crippen molar-refractivity contribution in [3.63, 3.8) is 0 Å². The number of hydrogen-bond donors (Lipinski definition) is 0. The molecule has 0 atom stereocenters. The smallest absolute Gasteiger partial charge is 0.358 e. The molecule has 0 bridgehead atoms. The van der Waals surface area contributed by atoms with Crippen molar-refractivity contribution in [3.8, 4) is 5.69 Å². The molecule has 1 aromatic heterocycles. The van der Waals surface area contributed by atoms with Gasteiger partial charge in [0, 0.05) is 32.7 Å². The molecule has 2 aromatic carbocycles. The molecule has 6 heteroatoms. The first-order chi connectivity index (χ1) is 9.93. The van der Waals surface area contributed by atoms with Crippen molar-refractivity contribution in [2.45, 2.75) is 0 Å². The second-order valence-corrected chi connectivity index (χ2v) is 4.87. The van der Waals surface area contributed by atoms with Gasteiger partial charge in [0.15, 0.2) is 0 Å². The number of hydrazine groups is 1. The second-order valence-electron chi connectivity index (χ2n) is 4.87. The average Bonchev–Trinajstić information content (AvgIpc) is 3.11. The van der Waals surface area contributed by atoms with Gasteiger partial charge in [0.2, 0.25) is 0 Å². The Morgan fingerprint density at radius 3 is 2.70 bits per heavy atom. The molecule has 0 aliphatic carbocycles. The Kier molecular flexibility index (Phi) is 5.37. The van der Waals surface area contributed by atoms with Crippen LogP contribution in [-0.2, 0) is 52.8 Å². The van der Waals surface area contributed by atoms with Crippen LogP contribution in [0, 0.1) is 20.0 Å². The summed E-state index contributed by atoms with van der Waals surface area (Å²) in [6, 6.07) is 17.7. The number of rotatable bonds is 0. The zero-order valence-corrected chi connectivity index (χ0v) is 17.7. The molecule has 0 amide bonds. The van der Waals surface area contributed by atoms with E-state index in [1.807, 2.05) is 24.7 Å². The summed E-state index contributed by atoms with van der Waals surface area (Å²) in [5, 5.41) is 4.30. The zero-order chi connectivity index (χ0) is 13.1. The van der Waals surface area contributed by atoms with Gasteiger partial charge in [0.05, 0.1) is 12.5 Å². The van der Waals surface area contributed by atoms with E-state index in [1.54, 1.807) is 0 Å². The van der Waals surface area contributed by atoms with E-state index < -0.39 is 0 Å². The molecule has 3 aromatic rings. The van der Waals surface area contributed by atoms with Gasteiger partial charge in [0.1, 0.15) is 5.82 Å². The predicted octanol–water partition coefficient (Wildman–Crippen LogP) is 3.51. The molecule has 0 unspecified atom stereocenters. The number of hydrogen-bond acceptors (Lipinski definition) is 3. The van der Waals surface area contributed by atoms with Crippen molar-refractivity contribution < 1.29 is 52.8 Å². The van der Waals surface area contributed by atoms with E-state index in [0.717, 1.165) is 22.9 Å². The number of aromatic nitrogens is 2. The Hall–Kier alpha value is -1.13. The number of anilines is 3. The van der Waals surface area contributed by atoms with E-state index >= 15 is 0 Å². The van der Waals surface area contributed by atoms with Gasteiger partial charge in [-0.1, -0.05) is 18.7 Å². The Morgan fingerprint density at radius 2 is 1.83 bits per heavy atom. The third-order valence-electron chi connectivity index (χ3n) is 3.78. The molecule has 4 nitrogen and oxygen atoms in total. The molecule has 0 N–H and O–H groups in total. The van der Waals surface area contributed by atoms with Gasteiger partial charge in [-0.2, -0.15) is 24.3 Å². The largest absolute Gasteiger partial charge is 3.00 e. The van der Waals surface area contributed by atoms with Crippen LogP contribution in [-0.4, -0.2) is 9.55 Å². The SMILES string of the molecule is [CH3-].[Ir+3].[Y].[c-]1cccc2c1N1[CH-]c3ccccc3N1c1cncn1-2. The standard InChI is InChI=1S/C16H10N4.CH3.Ir.Y/c1-2-6-13-12(5-1)10-19-15-8-4-3-7-14(15)18-11-17-9-16(18)20(13)19;;;/h1-7,9-11H;1H3;;/q-2;-1;+3;. The summed E-state index contributed by atoms with van der Waals surface area (Å²) < 4.78 is 2.10. The van der Waals surface area contributed by atoms with Crippen LogP contribution >= 0.6 is 0 Å². The molecule has 2 aliphatic heterocycles. The summed E-state index contributed by atoms with van der Waals surface area (Å²) in [4.78, 5) is 4.30. The average molecular weight is 554 g/mol. The van der Waals surface area contributed by atoms with Gasteiger partial charge >= 0.3 is 20.1 Å². The number of imidazole rings is 1. The van der Waals surface area contributed by atoms with Crippen molar-refractivity contribution in [1.82, 2.24) is 9.55 Å². The van der Waals surface area contributed by atoms with Crippen molar-refractivity contribution in [2.24, 2.45) is 0 Å². The van der Waals surface area contributed by atoms with Crippen molar-refractivity contribution in [2.75, 3.05) is 10.0 Å². The summed E-state index contributed by atoms with van der Waals surface area (Å²) in [5.41, 5.74) is 4.50. The zero-order valence-electron chi connectivity index (χ0n) is 12.5. The molecular weight excluding hydrogens is 541 g/mol. The van der Waals surface area contributed by atoms with E-state index in [0.29, 0.717) is 0 Å². The summed E-state index contributed by atoms with van der Waals surface area (Å²) in [5.74, 6) is 1.04. The van der Waals surface area contributed by atoms with E-state index in [2.05, 4.69) is 62.5 Å². The van der Waals surface area contributed by atoms with E-state index in [-0.39, 0.29) is 60.2 Å². The fourth-order valence-electron chi connectivity index (χ4n) is 2.92. The molecule has 23 heavy (non-hydrogen) atoms. The van der Waals surface area contributed by atoms with Crippen molar-refractivity contribution >= 4 is 17.2 Å². The third kappa shape index (κ3) is 2.47. The summed E-state index contributed by atoms with van der Waals surface area (Å²) in [6.45, 7) is 2.14. The van der Waals surface area contributed by atoms with Crippen LogP contribution in [0.4, 0.5) is 17.2 Å². The van der Waals surface area contributed by atoms with Gasteiger partial charge < -0.3 is 22.0 Å². The molecule has 0 saturated heterocycles. The van der Waals surface area contributed by atoms with Crippen LogP contribution in [0.3, 0.4) is 0 Å². The van der Waals surface area contributed by atoms with Crippen LogP contribution in [0.2, 0.25) is 0 Å². The predicted molar refractivity (Wildman–Crippen MR) is 83.3 cm³/mol. The van der Waals surface area contributed by atoms with Gasteiger partial charge in [-0.3, -0.25) is 0 Å². The summed E-state index contributed by atoms with van der Waals surface area (Å²) in [7, 11) is 0. The molecule has 5 rings (SSSR count). The number of fused-ring (bicyclic) bond motifs is 8. The Bertz CT molecular complexity index is 833. The molecule has 2 aliphatic rings. The Balaban J connectivity index is 0.000000640. The first kappa shape index (κ1) is 18.2.